The highest BCUT2D eigenvalue weighted by atomic mass is 16.6. The number of hydrogen-bond donors (Lipinski definition) is 4. The number of aliphatic hydroxyl groups is 2. The molecule has 3 amide bonds. The number of nitrogens with one attached hydrogen (secondary N) is 1. The zero-order valence-electron chi connectivity index (χ0n) is 22.5. The molecule has 41 heavy (non-hydrogen) atoms. The summed E-state index contributed by atoms with van der Waals surface area (Å²) in [4.78, 5) is 52.5. The van der Waals surface area contributed by atoms with Crippen LogP contribution in [0.25, 0.3) is 11.2 Å². The van der Waals surface area contributed by atoms with E-state index in [1.165, 1.54) is 15.8 Å². The summed E-state index contributed by atoms with van der Waals surface area (Å²) < 4.78 is 12.5. The lowest BCUT2D eigenvalue weighted by Gasteiger charge is -2.37. The highest BCUT2D eigenvalue weighted by Gasteiger charge is 2.48. The number of nitrogens with zero attached hydrogens (tertiary/aromatic N) is 6. The van der Waals surface area contributed by atoms with Crippen molar-refractivity contribution >= 4 is 34.9 Å². The molecule has 0 bridgehead atoms. The summed E-state index contributed by atoms with van der Waals surface area (Å²) in [5.41, 5.74) is 6.64. The fraction of sp³-hybridized carbons (Fsp3) is 0.615. The number of nitrogen functional groups attached to an aromatic ring is 1. The van der Waals surface area contributed by atoms with Crippen molar-refractivity contribution in [1.82, 2.24) is 34.6 Å². The van der Waals surface area contributed by atoms with E-state index < -0.39 is 42.6 Å². The fourth-order valence-electron chi connectivity index (χ4n) is 5.23. The molecule has 5 atom stereocenters. The molecule has 2 aromatic heterocycles. The maximum absolute atomic E-state index is 12.5. The third-order valence-electron chi connectivity index (χ3n) is 7.94. The van der Waals surface area contributed by atoms with Crippen molar-refractivity contribution in [2.24, 2.45) is 5.92 Å². The van der Waals surface area contributed by atoms with Crippen molar-refractivity contribution in [3.05, 3.63) is 12.2 Å². The molecule has 0 aromatic carbocycles. The maximum atomic E-state index is 12.5. The lowest BCUT2D eigenvalue weighted by molar-refractivity contribution is -0.154. The number of carbonyl (C=O) groups excluding carboxylic acids is 3. The topological polar surface area (TPSA) is 198 Å². The second-order valence-electron chi connectivity index (χ2n) is 11.0. The van der Waals surface area contributed by atoms with E-state index in [0.29, 0.717) is 26.1 Å². The van der Waals surface area contributed by atoms with E-state index in [1.807, 2.05) is 0 Å². The standard InChI is InChI=1S/C26H32N8O7/c1-32-11-15(24(32)38)40-26(39)33-9-7-13(8-10-33)3-2-4-16-30-21(27)17-22(31-16)34(12-28-17)25-19(36)18(35)20(41-25)23(37)29-14-5-6-14/h12-15,18-20,25,35-36H,3,5-11H2,1H3,(H,29,37)(H2,27,30,31). The van der Waals surface area contributed by atoms with Crippen LogP contribution >= 0.6 is 0 Å². The number of aromatic nitrogens is 4. The number of aliphatic hydroxyl groups excluding tert-OH is 2. The van der Waals surface area contributed by atoms with Crippen molar-refractivity contribution in [3.8, 4) is 11.8 Å². The van der Waals surface area contributed by atoms with Crippen LogP contribution in [0.4, 0.5) is 10.6 Å². The molecular formula is C26H32N8O7. The van der Waals surface area contributed by atoms with Gasteiger partial charge in [0.05, 0.1) is 12.9 Å². The van der Waals surface area contributed by atoms with Gasteiger partial charge in [-0.2, -0.15) is 0 Å². The molecule has 4 fully saturated rings. The first kappa shape index (κ1) is 27.2. The van der Waals surface area contributed by atoms with Crippen LogP contribution in [0.3, 0.4) is 0 Å². The number of fused-ring (bicyclic) bond motifs is 1. The maximum Gasteiger partial charge on any atom is 0.410 e. The van der Waals surface area contributed by atoms with Gasteiger partial charge in [-0.15, -0.1) is 0 Å². The Morgan fingerprint density at radius 1 is 1.20 bits per heavy atom. The monoisotopic (exact) mass is 568 g/mol. The zero-order valence-corrected chi connectivity index (χ0v) is 22.5. The molecule has 1 aliphatic carbocycles. The number of piperidine rings is 1. The smallest absolute Gasteiger partial charge is 0.410 e. The third-order valence-corrected chi connectivity index (χ3v) is 7.94. The number of anilines is 1. The summed E-state index contributed by atoms with van der Waals surface area (Å²) in [6, 6.07) is 0.0766. The fourth-order valence-corrected chi connectivity index (χ4v) is 5.23. The van der Waals surface area contributed by atoms with Gasteiger partial charge in [0.15, 0.2) is 29.9 Å². The van der Waals surface area contributed by atoms with Gasteiger partial charge < -0.3 is 40.5 Å². The molecule has 6 rings (SSSR count). The van der Waals surface area contributed by atoms with Gasteiger partial charge in [-0.05, 0) is 37.5 Å². The molecule has 5 N–H and O–H groups in total. The Balaban J connectivity index is 1.08. The molecule has 1 saturated carbocycles. The average Bonchev–Trinajstić information content (AvgIpc) is 3.60. The quantitative estimate of drug-likeness (QED) is 0.248. The van der Waals surface area contributed by atoms with Crippen LogP contribution in [0.2, 0.25) is 0 Å². The molecule has 2 aromatic rings. The van der Waals surface area contributed by atoms with Crippen molar-refractivity contribution < 1.29 is 34.1 Å². The second kappa shape index (κ2) is 10.8. The van der Waals surface area contributed by atoms with Gasteiger partial charge in [-0.1, -0.05) is 5.92 Å². The number of hydrogen-bond acceptors (Lipinski definition) is 11. The molecule has 4 aliphatic rings. The van der Waals surface area contributed by atoms with E-state index in [9.17, 15) is 24.6 Å². The Bertz CT molecular complexity index is 1420. The van der Waals surface area contributed by atoms with Gasteiger partial charge >= 0.3 is 6.09 Å². The first-order valence-electron chi connectivity index (χ1n) is 13.7. The lowest BCUT2D eigenvalue weighted by Crippen LogP contribution is -2.57. The molecule has 0 radical (unpaired) electrons. The molecule has 5 heterocycles. The summed E-state index contributed by atoms with van der Waals surface area (Å²) >= 11 is 0. The highest BCUT2D eigenvalue weighted by Crippen LogP contribution is 2.33. The van der Waals surface area contributed by atoms with E-state index in [1.54, 1.807) is 11.9 Å². The van der Waals surface area contributed by atoms with Crippen molar-refractivity contribution in [3.63, 3.8) is 0 Å². The lowest BCUT2D eigenvalue weighted by atomic mass is 9.94. The molecule has 3 saturated heterocycles. The number of amides is 3. The molecule has 218 valence electrons. The number of carbonyl (C=O) groups is 3. The Morgan fingerprint density at radius 2 is 1.95 bits per heavy atom. The Hall–Kier alpha value is -4.00. The summed E-state index contributed by atoms with van der Waals surface area (Å²) in [5, 5.41) is 23.9. The average molecular weight is 569 g/mol. The minimum absolute atomic E-state index is 0.0766. The molecule has 15 heteroatoms. The van der Waals surface area contributed by atoms with Crippen LogP contribution in [-0.4, -0.2) is 115 Å². The first-order chi connectivity index (χ1) is 19.7. The Labute approximate surface area is 235 Å². The third kappa shape index (κ3) is 5.37. The van der Waals surface area contributed by atoms with E-state index >= 15 is 0 Å². The number of nitrogens with two attached hydrogens (primary N) is 1. The number of likely N-dealkylation sites (N-methyl/N-ethyl adjacent to an activating group) is 1. The van der Waals surface area contributed by atoms with E-state index in [-0.39, 0.29) is 40.7 Å². The Kier molecular flexibility index (Phi) is 7.14. The van der Waals surface area contributed by atoms with Gasteiger partial charge in [0.2, 0.25) is 5.82 Å². The molecular weight excluding hydrogens is 536 g/mol. The second-order valence-corrected chi connectivity index (χ2v) is 11.0. The van der Waals surface area contributed by atoms with Crippen LogP contribution in [0.15, 0.2) is 6.33 Å². The van der Waals surface area contributed by atoms with Crippen LogP contribution < -0.4 is 11.1 Å². The van der Waals surface area contributed by atoms with E-state index in [0.717, 1.165) is 25.7 Å². The van der Waals surface area contributed by atoms with Crippen molar-refractivity contribution in [1.29, 1.82) is 0 Å². The summed E-state index contributed by atoms with van der Waals surface area (Å²) in [6.07, 6.45) is -1.15. The van der Waals surface area contributed by atoms with Gasteiger partial charge in [0, 0.05) is 32.6 Å². The highest BCUT2D eigenvalue weighted by molar-refractivity contribution is 5.88. The molecule has 5 unspecified atom stereocenters. The van der Waals surface area contributed by atoms with Crippen LogP contribution in [0.1, 0.15) is 44.2 Å². The molecule has 3 aliphatic heterocycles. The zero-order chi connectivity index (χ0) is 28.8. The van der Waals surface area contributed by atoms with Gasteiger partial charge in [-0.3, -0.25) is 14.2 Å². The normalized spacial score (nSPS) is 28.3. The number of likely N-dealkylation sites (tertiary alicyclic amines) is 2. The van der Waals surface area contributed by atoms with Gasteiger partial charge in [0.1, 0.15) is 17.7 Å². The predicted octanol–water partition coefficient (Wildman–Crippen LogP) is -1.26. The van der Waals surface area contributed by atoms with E-state index in [2.05, 4.69) is 32.1 Å². The minimum atomic E-state index is -1.43. The van der Waals surface area contributed by atoms with Gasteiger partial charge in [-0.25, -0.2) is 19.7 Å². The Morgan fingerprint density at radius 3 is 2.63 bits per heavy atom. The van der Waals surface area contributed by atoms with Crippen LogP contribution in [0, 0.1) is 17.8 Å². The number of rotatable bonds is 5. The summed E-state index contributed by atoms with van der Waals surface area (Å²) in [5.74, 6) is 5.88. The van der Waals surface area contributed by atoms with E-state index in [4.69, 9.17) is 15.2 Å². The number of imidazole rings is 1. The predicted molar refractivity (Wildman–Crippen MR) is 141 cm³/mol. The number of β-lactam (4-membered cyclic amide) rings is 1. The minimum Gasteiger partial charge on any atom is -0.434 e. The SMILES string of the molecule is CN1CC(OC(=O)N2CCC(CC#Cc3nc(N)c4ncn(C5OC(C(=O)NC6CC6)C(O)C5O)c4n3)CC2)C1=O. The van der Waals surface area contributed by atoms with Crippen LogP contribution in [-0.2, 0) is 19.1 Å². The summed E-state index contributed by atoms with van der Waals surface area (Å²) in [7, 11) is 1.66. The number of ether oxygens (including phenoxy) is 2. The molecule has 15 nitrogen and oxygen atoms in total. The summed E-state index contributed by atoms with van der Waals surface area (Å²) in [6.45, 7) is 1.46. The van der Waals surface area contributed by atoms with Crippen molar-refractivity contribution in [2.45, 2.75) is 68.8 Å². The molecule has 0 spiro atoms. The largest absolute Gasteiger partial charge is 0.434 e. The van der Waals surface area contributed by atoms with Gasteiger partial charge in [0.25, 0.3) is 11.8 Å². The van der Waals surface area contributed by atoms with Crippen molar-refractivity contribution in [2.75, 3.05) is 32.4 Å². The van der Waals surface area contributed by atoms with Crippen LogP contribution in [0.5, 0.6) is 0 Å². The first-order valence-corrected chi connectivity index (χ1v) is 13.7.